The van der Waals surface area contributed by atoms with E-state index in [-0.39, 0.29) is 21.7 Å². The first kappa shape index (κ1) is 50.2. The lowest BCUT2D eigenvalue weighted by molar-refractivity contribution is -0.307. The standard InChI is InChI=1S/C25H32O2.2C13H11N.4C2H6/c1-21(2)17-13-9-11-15-19(17)26-25(23(21,5)6)24(7,8)22(3,4)18-14-10-12-16-20(18)27-25;2*1-14-12-8-4-2-6-10(12)11-7-3-5-9-13(11)14;4*1-2/h9-16H,1-8H3;2*2-9H,1H3;4*1-2H3. The van der Waals surface area contributed by atoms with Gasteiger partial charge in [-0.1, -0.05) is 220 Å². The zero-order chi connectivity index (χ0) is 47.0. The molecule has 0 aliphatic carbocycles. The zero-order valence-electron chi connectivity index (χ0n) is 42.1. The van der Waals surface area contributed by atoms with Crippen LogP contribution in [0.25, 0.3) is 43.6 Å². The first-order valence-electron chi connectivity index (χ1n) is 23.6. The van der Waals surface area contributed by atoms with Crippen LogP contribution in [0, 0.1) is 10.8 Å². The predicted molar refractivity (Wildman–Crippen MR) is 277 cm³/mol. The summed E-state index contributed by atoms with van der Waals surface area (Å²) in [7, 11) is 4.23. The van der Waals surface area contributed by atoms with Gasteiger partial charge in [-0.25, -0.2) is 0 Å². The van der Waals surface area contributed by atoms with Gasteiger partial charge in [0.25, 0.3) is 5.79 Å². The summed E-state index contributed by atoms with van der Waals surface area (Å²) >= 11 is 0. The average molecular weight is 847 g/mol. The van der Waals surface area contributed by atoms with Crippen LogP contribution < -0.4 is 9.47 Å². The highest BCUT2D eigenvalue weighted by Crippen LogP contribution is 2.68. The Kier molecular flexibility index (Phi) is 16.2. The third kappa shape index (κ3) is 8.27. The van der Waals surface area contributed by atoms with Crippen LogP contribution in [-0.2, 0) is 24.9 Å². The second-order valence-electron chi connectivity index (χ2n) is 17.5. The van der Waals surface area contributed by atoms with Gasteiger partial charge in [0.2, 0.25) is 0 Å². The minimum atomic E-state index is -0.796. The summed E-state index contributed by atoms with van der Waals surface area (Å²) in [6.07, 6.45) is 0. The lowest BCUT2D eigenvalue weighted by Crippen LogP contribution is -2.75. The largest absolute Gasteiger partial charge is 0.451 e. The highest BCUT2D eigenvalue weighted by molar-refractivity contribution is 6.08. The van der Waals surface area contributed by atoms with Crippen LogP contribution in [-0.4, -0.2) is 14.9 Å². The molecule has 8 aromatic rings. The van der Waals surface area contributed by atoms with Crippen molar-refractivity contribution in [3.8, 4) is 11.5 Å². The highest BCUT2D eigenvalue weighted by Gasteiger charge is 2.73. The molecule has 0 fully saturated rings. The van der Waals surface area contributed by atoms with Crippen LogP contribution >= 0.6 is 0 Å². The summed E-state index contributed by atoms with van der Waals surface area (Å²) in [6, 6.07) is 50.9. The van der Waals surface area contributed by atoms with Gasteiger partial charge >= 0.3 is 0 Å². The molecule has 0 atom stereocenters. The second-order valence-corrected chi connectivity index (χ2v) is 17.5. The molecular formula is C59H78N2O2. The van der Waals surface area contributed by atoms with Crippen molar-refractivity contribution in [1.82, 2.24) is 9.13 Å². The molecule has 4 nitrogen and oxygen atoms in total. The van der Waals surface area contributed by atoms with E-state index >= 15 is 0 Å². The first-order valence-corrected chi connectivity index (χ1v) is 23.6. The Labute approximate surface area is 381 Å². The number of ether oxygens (including phenoxy) is 2. The lowest BCUT2D eigenvalue weighted by atomic mass is 9.47. The fourth-order valence-corrected chi connectivity index (χ4v) is 9.50. The highest BCUT2D eigenvalue weighted by atomic mass is 16.7. The summed E-state index contributed by atoms with van der Waals surface area (Å²) in [6.45, 7) is 34.5. The molecule has 2 aliphatic heterocycles. The average Bonchev–Trinajstić information content (AvgIpc) is 3.78. The minimum Gasteiger partial charge on any atom is -0.451 e. The van der Waals surface area contributed by atoms with Crippen LogP contribution in [0.15, 0.2) is 146 Å². The smallest absolute Gasteiger partial charge is 0.262 e. The van der Waals surface area contributed by atoms with Gasteiger partial charge in [-0.05, 0) is 36.4 Å². The molecule has 2 aliphatic rings. The molecule has 0 unspecified atom stereocenters. The van der Waals surface area contributed by atoms with Crippen molar-refractivity contribution < 1.29 is 9.47 Å². The normalized spacial score (nSPS) is 16.0. The van der Waals surface area contributed by atoms with Crippen molar-refractivity contribution in [1.29, 1.82) is 0 Å². The van der Waals surface area contributed by atoms with Crippen molar-refractivity contribution in [3.05, 3.63) is 157 Å². The molecule has 2 aromatic heterocycles. The number of aryl methyl sites for hydroxylation is 2. The monoisotopic (exact) mass is 847 g/mol. The summed E-state index contributed by atoms with van der Waals surface area (Å²) < 4.78 is 18.3. The van der Waals surface area contributed by atoms with Crippen molar-refractivity contribution in [2.45, 2.75) is 127 Å². The summed E-state index contributed by atoms with van der Waals surface area (Å²) in [5.74, 6) is 1.07. The van der Waals surface area contributed by atoms with E-state index < -0.39 is 5.79 Å². The van der Waals surface area contributed by atoms with E-state index in [0.29, 0.717) is 0 Å². The van der Waals surface area contributed by atoms with Crippen LogP contribution in [0.2, 0.25) is 0 Å². The maximum absolute atomic E-state index is 6.90. The summed E-state index contributed by atoms with van der Waals surface area (Å²) in [5.41, 5.74) is 6.90. The van der Waals surface area contributed by atoms with Crippen LogP contribution in [0.4, 0.5) is 0 Å². The molecule has 0 N–H and O–H groups in total. The maximum atomic E-state index is 6.90. The molecule has 336 valence electrons. The Morgan fingerprint density at radius 1 is 0.317 bits per heavy atom. The number of aromatic nitrogens is 2. The number of fused-ring (bicyclic) bond motifs is 8. The number of para-hydroxylation sites is 6. The number of hydrogen-bond acceptors (Lipinski definition) is 2. The van der Waals surface area contributed by atoms with Gasteiger partial charge in [0.05, 0.1) is 10.8 Å². The number of nitrogens with zero attached hydrogens (tertiary/aromatic N) is 2. The van der Waals surface area contributed by atoms with Gasteiger partial charge < -0.3 is 18.6 Å². The molecule has 4 heterocycles. The number of benzene rings is 6. The Balaban J connectivity index is 0.000000205. The Hall–Kier alpha value is -5.48. The first-order chi connectivity index (χ1) is 30.2. The molecule has 6 aromatic carbocycles. The Bertz CT molecular complexity index is 2410. The van der Waals surface area contributed by atoms with E-state index in [9.17, 15) is 0 Å². The second kappa shape index (κ2) is 20.4. The van der Waals surface area contributed by atoms with E-state index in [1.165, 1.54) is 54.7 Å². The van der Waals surface area contributed by atoms with E-state index in [4.69, 9.17) is 9.47 Å². The molecule has 0 radical (unpaired) electrons. The van der Waals surface area contributed by atoms with E-state index in [2.05, 4.69) is 224 Å². The van der Waals surface area contributed by atoms with E-state index in [1.807, 2.05) is 55.4 Å². The molecule has 0 amide bonds. The van der Waals surface area contributed by atoms with Gasteiger partial charge in [-0.3, -0.25) is 0 Å². The SMILES string of the molecule is CC.CC.CC.CC.CC1(C)c2ccccc2OC2(Oc3ccccc3C(C)(C)C2(C)C)C1(C)C.Cn1c2ccccc2c2ccccc21.Cn1c2ccccc2c2ccccc21. The van der Waals surface area contributed by atoms with E-state index in [0.717, 1.165) is 11.5 Å². The van der Waals surface area contributed by atoms with E-state index in [1.54, 1.807) is 0 Å². The molecule has 1 spiro atoms. The van der Waals surface area contributed by atoms with Crippen LogP contribution in [0.1, 0.15) is 122 Å². The van der Waals surface area contributed by atoms with Crippen LogP contribution in [0.3, 0.4) is 0 Å². The van der Waals surface area contributed by atoms with Crippen molar-refractivity contribution >= 4 is 43.6 Å². The summed E-state index contributed by atoms with van der Waals surface area (Å²) in [4.78, 5) is 0. The van der Waals surface area contributed by atoms with Gasteiger partial charge in [-0.2, -0.15) is 0 Å². The minimum absolute atomic E-state index is 0.124. The maximum Gasteiger partial charge on any atom is 0.262 e. The Morgan fingerprint density at radius 3 is 0.810 bits per heavy atom. The topological polar surface area (TPSA) is 28.3 Å². The Morgan fingerprint density at radius 2 is 0.540 bits per heavy atom. The molecule has 0 saturated carbocycles. The van der Waals surface area contributed by atoms with Gasteiger partial charge in [0, 0.05) is 79.7 Å². The summed E-state index contributed by atoms with van der Waals surface area (Å²) in [5, 5.41) is 5.35. The predicted octanol–water partition coefficient (Wildman–Crippen LogP) is 17.2. The van der Waals surface area contributed by atoms with Gasteiger partial charge in [-0.15, -0.1) is 0 Å². The zero-order valence-corrected chi connectivity index (χ0v) is 42.1. The van der Waals surface area contributed by atoms with Crippen molar-refractivity contribution in [2.75, 3.05) is 0 Å². The molecular weight excluding hydrogens is 769 g/mol. The third-order valence-corrected chi connectivity index (χ3v) is 14.0. The molecule has 0 saturated heterocycles. The van der Waals surface area contributed by atoms with Gasteiger partial charge in [0.15, 0.2) is 0 Å². The molecule has 63 heavy (non-hydrogen) atoms. The van der Waals surface area contributed by atoms with Gasteiger partial charge in [0.1, 0.15) is 11.5 Å². The number of hydrogen-bond donors (Lipinski definition) is 0. The fourth-order valence-electron chi connectivity index (χ4n) is 9.50. The van der Waals surface area contributed by atoms with Crippen molar-refractivity contribution in [2.24, 2.45) is 24.9 Å². The fraction of sp³-hybridized carbons (Fsp3) is 0.390. The molecule has 10 rings (SSSR count). The lowest BCUT2D eigenvalue weighted by Gasteiger charge is -2.67. The van der Waals surface area contributed by atoms with Crippen LogP contribution in [0.5, 0.6) is 11.5 Å². The number of rotatable bonds is 0. The van der Waals surface area contributed by atoms with Crippen molar-refractivity contribution in [3.63, 3.8) is 0 Å². The quantitative estimate of drug-likeness (QED) is 0.152. The molecule has 0 bridgehead atoms. The third-order valence-electron chi connectivity index (χ3n) is 14.0. The molecule has 4 heteroatoms.